The van der Waals surface area contributed by atoms with Crippen LogP contribution in [0.1, 0.15) is 5.82 Å². The summed E-state index contributed by atoms with van der Waals surface area (Å²) in [6.45, 7) is 0. The molecule has 2 heterocycles. The molecule has 118 valence electrons. The summed E-state index contributed by atoms with van der Waals surface area (Å²) < 4.78 is 31.7. The lowest BCUT2D eigenvalue weighted by Crippen LogP contribution is -2.23. The number of hydrogen-bond donors (Lipinski definition) is 1. The minimum absolute atomic E-state index is 0.0193. The van der Waals surface area contributed by atoms with Gasteiger partial charge in [0.2, 0.25) is 5.09 Å². The Balaban J connectivity index is 2.37. The molecule has 0 aliphatic heterocycles. The van der Waals surface area contributed by atoms with E-state index in [4.69, 9.17) is 34.0 Å². The Morgan fingerprint density at radius 3 is 2.48 bits per heavy atom. The first-order valence-electron chi connectivity index (χ1n) is 6.35. The van der Waals surface area contributed by atoms with Crippen molar-refractivity contribution in [3.8, 4) is 11.3 Å². The summed E-state index contributed by atoms with van der Waals surface area (Å²) in [5.41, 5.74) is 6.35. The molecule has 0 fully saturated rings. The SMILES string of the molecule is NC(=S)c1nc(Cl)c(-c2ccccc2)n1S(=O)(=O)c1ccco1. The molecule has 0 bridgehead atoms. The Morgan fingerprint density at radius 2 is 1.91 bits per heavy atom. The molecule has 0 saturated carbocycles. The number of benzene rings is 1. The number of furan rings is 1. The molecule has 23 heavy (non-hydrogen) atoms. The Labute approximate surface area is 142 Å². The standard InChI is InChI=1S/C14H10ClN3O3S2/c15-12-11(9-5-2-1-3-6-9)18(14(17-12)13(16)22)23(19,20)10-7-4-8-21-10/h1-8H,(H2,16,22). The summed E-state index contributed by atoms with van der Waals surface area (Å²) in [5, 5.41) is -0.282. The first kappa shape index (κ1) is 15.7. The van der Waals surface area contributed by atoms with Gasteiger partial charge in [0.05, 0.1) is 6.26 Å². The predicted molar refractivity (Wildman–Crippen MR) is 89.9 cm³/mol. The molecule has 0 saturated heterocycles. The zero-order chi connectivity index (χ0) is 16.6. The Kier molecular flexibility index (Phi) is 3.97. The van der Waals surface area contributed by atoms with Crippen LogP contribution in [0, 0.1) is 0 Å². The summed E-state index contributed by atoms with van der Waals surface area (Å²) in [5.74, 6) is -0.125. The minimum Gasteiger partial charge on any atom is -0.451 e. The van der Waals surface area contributed by atoms with E-state index in [9.17, 15) is 8.42 Å². The molecule has 9 heteroatoms. The molecule has 0 aliphatic carbocycles. The maximum Gasteiger partial charge on any atom is 0.303 e. The van der Waals surface area contributed by atoms with Crippen LogP contribution in [0.2, 0.25) is 5.15 Å². The van der Waals surface area contributed by atoms with Crippen LogP contribution in [0.25, 0.3) is 11.3 Å². The first-order chi connectivity index (χ1) is 10.9. The topological polar surface area (TPSA) is 91.1 Å². The Morgan fingerprint density at radius 1 is 1.22 bits per heavy atom. The van der Waals surface area contributed by atoms with Crippen molar-refractivity contribution in [2.24, 2.45) is 5.73 Å². The second-order valence-corrected chi connectivity index (χ2v) is 7.02. The van der Waals surface area contributed by atoms with E-state index < -0.39 is 10.0 Å². The molecule has 0 atom stereocenters. The van der Waals surface area contributed by atoms with E-state index in [1.807, 2.05) is 0 Å². The molecule has 0 radical (unpaired) electrons. The largest absolute Gasteiger partial charge is 0.451 e. The van der Waals surface area contributed by atoms with E-state index >= 15 is 0 Å². The number of thiocarbonyl (C=S) groups is 1. The van der Waals surface area contributed by atoms with Crippen molar-refractivity contribution in [2.45, 2.75) is 5.09 Å². The van der Waals surface area contributed by atoms with Gasteiger partial charge < -0.3 is 10.2 Å². The van der Waals surface area contributed by atoms with Gasteiger partial charge in [-0.2, -0.15) is 8.42 Å². The van der Waals surface area contributed by atoms with Gasteiger partial charge in [-0.05, 0) is 12.1 Å². The second kappa shape index (κ2) is 5.80. The summed E-state index contributed by atoms with van der Waals surface area (Å²) in [4.78, 5) is 3.81. The maximum absolute atomic E-state index is 12.9. The highest BCUT2D eigenvalue weighted by atomic mass is 35.5. The van der Waals surface area contributed by atoms with Crippen molar-refractivity contribution in [3.05, 3.63) is 59.7 Å². The first-order valence-corrected chi connectivity index (χ1v) is 8.58. The third kappa shape index (κ3) is 2.65. The number of halogens is 1. The highest BCUT2D eigenvalue weighted by Gasteiger charge is 2.30. The van der Waals surface area contributed by atoms with Crippen LogP contribution in [0.3, 0.4) is 0 Å². The summed E-state index contributed by atoms with van der Waals surface area (Å²) in [7, 11) is -4.09. The van der Waals surface area contributed by atoms with Crippen molar-refractivity contribution >= 4 is 38.8 Å². The van der Waals surface area contributed by atoms with Gasteiger partial charge in [-0.3, -0.25) is 0 Å². The normalized spacial score (nSPS) is 11.5. The van der Waals surface area contributed by atoms with Gasteiger partial charge in [0, 0.05) is 5.56 Å². The van der Waals surface area contributed by atoms with Gasteiger partial charge in [0.1, 0.15) is 10.7 Å². The van der Waals surface area contributed by atoms with Crippen molar-refractivity contribution in [3.63, 3.8) is 0 Å². The van der Waals surface area contributed by atoms with Gasteiger partial charge in [0.15, 0.2) is 11.0 Å². The molecular formula is C14H10ClN3O3S2. The number of imidazole rings is 1. The molecule has 2 aromatic heterocycles. The zero-order valence-corrected chi connectivity index (χ0v) is 13.9. The molecular weight excluding hydrogens is 358 g/mol. The molecule has 3 rings (SSSR count). The van der Waals surface area contributed by atoms with Crippen molar-refractivity contribution in [1.82, 2.24) is 8.96 Å². The van der Waals surface area contributed by atoms with Crippen LogP contribution in [-0.4, -0.2) is 22.4 Å². The van der Waals surface area contributed by atoms with E-state index in [0.29, 0.717) is 5.56 Å². The van der Waals surface area contributed by atoms with E-state index in [2.05, 4.69) is 4.98 Å². The monoisotopic (exact) mass is 367 g/mol. The van der Waals surface area contributed by atoms with E-state index in [-0.39, 0.29) is 26.8 Å². The van der Waals surface area contributed by atoms with Crippen molar-refractivity contribution in [1.29, 1.82) is 0 Å². The van der Waals surface area contributed by atoms with Gasteiger partial charge in [0.25, 0.3) is 0 Å². The maximum atomic E-state index is 12.9. The summed E-state index contributed by atoms with van der Waals surface area (Å²) in [6.07, 6.45) is 1.26. The smallest absolute Gasteiger partial charge is 0.303 e. The third-order valence-corrected chi connectivity index (χ3v) is 5.08. The van der Waals surface area contributed by atoms with Crippen molar-refractivity contribution < 1.29 is 12.8 Å². The highest BCUT2D eigenvalue weighted by Crippen LogP contribution is 2.32. The van der Waals surface area contributed by atoms with Crippen molar-refractivity contribution in [2.75, 3.05) is 0 Å². The molecule has 0 unspecified atom stereocenters. The molecule has 0 amide bonds. The Bertz CT molecular complexity index is 964. The minimum atomic E-state index is -4.09. The number of aromatic nitrogens is 2. The molecule has 2 N–H and O–H groups in total. The van der Waals surface area contributed by atoms with Crippen LogP contribution in [-0.2, 0) is 10.0 Å². The quantitative estimate of drug-likeness (QED) is 0.713. The molecule has 0 aliphatic rings. The van der Waals surface area contributed by atoms with E-state index in [1.165, 1.54) is 18.4 Å². The average Bonchev–Trinajstić information content (AvgIpc) is 3.16. The number of nitrogens with zero attached hydrogens (tertiary/aromatic N) is 2. The molecule has 0 spiro atoms. The summed E-state index contributed by atoms with van der Waals surface area (Å²) in [6, 6.07) is 11.5. The third-order valence-electron chi connectivity index (χ3n) is 3.05. The average molecular weight is 368 g/mol. The lowest BCUT2D eigenvalue weighted by molar-refractivity contribution is 0.447. The number of rotatable bonds is 4. The number of hydrogen-bond acceptors (Lipinski definition) is 5. The van der Waals surface area contributed by atoms with Crippen LogP contribution in [0.5, 0.6) is 0 Å². The zero-order valence-electron chi connectivity index (χ0n) is 11.5. The van der Waals surface area contributed by atoms with Crippen LogP contribution in [0.4, 0.5) is 0 Å². The van der Waals surface area contributed by atoms with Gasteiger partial charge >= 0.3 is 10.0 Å². The fraction of sp³-hybridized carbons (Fsp3) is 0. The predicted octanol–water partition coefficient (Wildman–Crippen LogP) is 2.67. The van der Waals surface area contributed by atoms with Crippen LogP contribution < -0.4 is 5.73 Å². The second-order valence-electron chi connectivity index (χ2n) is 4.51. The fourth-order valence-electron chi connectivity index (χ4n) is 2.10. The van der Waals surface area contributed by atoms with Crippen LogP contribution in [0.15, 0.2) is 58.2 Å². The molecule has 6 nitrogen and oxygen atoms in total. The Hall–Kier alpha value is -2.16. The number of nitrogens with two attached hydrogens (primary N) is 1. The molecule has 3 aromatic rings. The fourth-order valence-corrected chi connectivity index (χ4v) is 4.03. The lowest BCUT2D eigenvalue weighted by Gasteiger charge is -2.10. The van der Waals surface area contributed by atoms with Gasteiger partial charge in [-0.15, -0.1) is 0 Å². The van der Waals surface area contributed by atoms with Gasteiger partial charge in [-0.1, -0.05) is 54.2 Å². The summed E-state index contributed by atoms with van der Waals surface area (Å²) >= 11 is 11.1. The lowest BCUT2D eigenvalue weighted by atomic mass is 10.2. The highest BCUT2D eigenvalue weighted by molar-refractivity contribution is 7.90. The van der Waals surface area contributed by atoms with Crippen LogP contribution >= 0.6 is 23.8 Å². The van der Waals surface area contributed by atoms with E-state index in [1.54, 1.807) is 30.3 Å². The van der Waals surface area contributed by atoms with Gasteiger partial charge in [-0.25, -0.2) is 8.96 Å². The molecule has 1 aromatic carbocycles. The van der Waals surface area contributed by atoms with E-state index in [0.717, 1.165) is 3.97 Å².